The number of hydrogen-bond acceptors (Lipinski definition) is 3. The second-order valence-corrected chi connectivity index (χ2v) is 6.10. The number of aromatic hydroxyl groups is 1. The van der Waals surface area contributed by atoms with Crippen molar-refractivity contribution in [3.8, 4) is 34.1 Å². The van der Waals surface area contributed by atoms with Gasteiger partial charge in [-0.25, -0.2) is 4.39 Å². The quantitative estimate of drug-likeness (QED) is 0.474. The van der Waals surface area contributed by atoms with Gasteiger partial charge in [0.2, 0.25) is 0 Å². The summed E-state index contributed by atoms with van der Waals surface area (Å²) in [5, 5.41) is 11.3. The lowest BCUT2D eigenvalue weighted by atomic mass is 9.99. The topological polar surface area (TPSA) is 38.7 Å². The van der Waals surface area contributed by atoms with E-state index in [1.165, 1.54) is 12.1 Å². The Labute approximate surface area is 156 Å². The predicted molar refractivity (Wildman–Crippen MR) is 104 cm³/mol. The molecular formula is C23H17FO3. The van der Waals surface area contributed by atoms with E-state index in [9.17, 15) is 9.50 Å². The van der Waals surface area contributed by atoms with Gasteiger partial charge in [0.15, 0.2) is 0 Å². The molecule has 0 aliphatic heterocycles. The third-order valence-electron chi connectivity index (χ3n) is 4.38. The first-order valence-electron chi connectivity index (χ1n) is 8.48. The van der Waals surface area contributed by atoms with Crippen molar-refractivity contribution in [3.63, 3.8) is 0 Å². The van der Waals surface area contributed by atoms with Crippen LogP contribution in [0.3, 0.4) is 0 Å². The van der Waals surface area contributed by atoms with E-state index in [0.717, 1.165) is 22.1 Å². The standard InChI is InChI=1S/C23H17FO3/c1-26-22-7-3-6-21-20(22)13-12-19(15-4-2-5-16(24)14-15)23(21)27-18-10-8-17(25)9-11-18/h2-14,25H,1H3. The molecule has 27 heavy (non-hydrogen) atoms. The van der Waals surface area contributed by atoms with Crippen LogP contribution in [0.25, 0.3) is 21.9 Å². The maximum Gasteiger partial charge on any atom is 0.143 e. The molecule has 134 valence electrons. The minimum Gasteiger partial charge on any atom is -0.508 e. The summed E-state index contributed by atoms with van der Waals surface area (Å²) in [5.41, 5.74) is 1.48. The Morgan fingerprint density at radius 3 is 2.33 bits per heavy atom. The maximum atomic E-state index is 13.8. The summed E-state index contributed by atoms with van der Waals surface area (Å²) in [5.74, 6) is 1.75. The van der Waals surface area contributed by atoms with Crippen molar-refractivity contribution in [1.29, 1.82) is 0 Å². The fourth-order valence-electron chi connectivity index (χ4n) is 3.10. The van der Waals surface area contributed by atoms with Gasteiger partial charge in [-0.3, -0.25) is 0 Å². The van der Waals surface area contributed by atoms with Crippen molar-refractivity contribution in [2.75, 3.05) is 7.11 Å². The molecule has 0 fully saturated rings. The summed E-state index contributed by atoms with van der Waals surface area (Å²) in [7, 11) is 1.62. The highest BCUT2D eigenvalue weighted by atomic mass is 19.1. The molecular weight excluding hydrogens is 343 g/mol. The van der Waals surface area contributed by atoms with E-state index in [1.54, 1.807) is 37.4 Å². The average molecular weight is 360 g/mol. The van der Waals surface area contributed by atoms with Gasteiger partial charge in [0, 0.05) is 16.3 Å². The van der Waals surface area contributed by atoms with Gasteiger partial charge in [-0.1, -0.05) is 24.3 Å². The van der Waals surface area contributed by atoms with Crippen LogP contribution in [0.1, 0.15) is 0 Å². The summed E-state index contributed by atoms with van der Waals surface area (Å²) in [6.07, 6.45) is 0. The van der Waals surface area contributed by atoms with Crippen LogP contribution in [0.15, 0.2) is 78.9 Å². The van der Waals surface area contributed by atoms with E-state index in [0.29, 0.717) is 17.1 Å². The Morgan fingerprint density at radius 2 is 1.59 bits per heavy atom. The highest BCUT2D eigenvalue weighted by Crippen LogP contribution is 2.42. The second kappa shape index (κ2) is 7.00. The highest BCUT2D eigenvalue weighted by molar-refractivity contribution is 5.98. The van der Waals surface area contributed by atoms with E-state index >= 15 is 0 Å². The van der Waals surface area contributed by atoms with Crippen LogP contribution < -0.4 is 9.47 Å². The van der Waals surface area contributed by atoms with Gasteiger partial charge in [0.1, 0.15) is 28.8 Å². The van der Waals surface area contributed by atoms with Crippen molar-refractivity contribution >= 4 is 10.8 Å². The summed E-state index contributed by atoms with van der Waals surface area (Å²) in [6, 6.07) is 22.4. The Balaban J connectivity index is 1.95. The lowest BCUT2D eigenvalue weighted by Crippen LogP contribution is -1.92. The van der Waals surface area contributed by atoms with Crippen LogP contribution in [0, 0.1) is 5.82 Å². The lowest BCUT2D eigenvalue weighted by molar-refractivity contribution is 0.419. The number of benzene rings is 4. The van der Waals surface area contributed by atoms with Crippen molar-refractivity contribution < 1.29 is 19.0 Å². The zero-order valence-corrected chi connectivity index (χ0v) is 14.6. The molecule has 0 saturated carbocycles. The van der Waals surface area contributed by atoms with Crippen molar-refractivity contribution in [3.05, 3.63) is 84.7 Å². The zero-order chi connectivity index (χ0) is 18.8. The number of ether oxygens (including phenoxy) is 2. The molecule has 4 aromatic rings. The van der Waals surface area contributed by atoms with Crippen molar-refractivity contribution in [2.45, 2.75) is 0 Å². The molecule has 0 spiro atoms. The van der Waals surface area contributed by atoms with Gasteiger partial charge >= 0.3 is 0 Å². The number of rotatable bonds is 4. The molecule has 0 aromatic heterocycles. The molecule has 4 rings (SSSR count). The van der Waals surface area contributed by atoms with Gasteiger partial charge in [-0.2, -0.15) is 0 Å². The van der Waals surface area contributed by atoms with Crippen LogP contribution >= 0.6 is 0 Å². The van der Waals surface area contributed by atoms with E-state index in [1.807, 2.05) is 36.4 Å². The Hall–Kier alpha value is -3.53. The first-order chi connectivity index (χ1) is 13.2. The Bertz CT molecular complexity index is 1100. The van der Waals surface area contributed by atoms with Crippen molar-refractivity contribution in [1.82, 2.24) is 0 Å². The third kappa shape index (κ3) is 3.29. The molecule has 0 atom stereocenters. The molecule has 0 aliphatic carbocycles. The Morgan fingerprint density at radius 1 is 0.815 bits per heavy atom. The molecule has 4 heteroatoms. The number of methoxy groups -OCH3 is 1. The van der Waals surface area contributed by atoms with E-state index < -0.39 is 0 Å². The molecule has 0 heterocycles. The molecule has 0 aliphatic rings. The number of phenolic OH excluding ortho intramolecular Hbond substituents is 1. The van der Waals surface area contributed by atoms with Crippen LogP contribution in [0.4, 0.5) is 4.39 Å². The molecule has 1 N–H and O–H groups in total. The normalized spacial score (nSPS) is 10.7. The van der Waals surface area contributed by atoms with Crippen molar-refractivity contribution in [2.24, 2.45) is 0 Å². The van der Waals surface area contributed by atoms with Gasteiger partial charge in [-0.15, -0.1) is 0 Å². The highest BCUT2D eigenvalue weighted by Gasteiger charge is 2.15. The lowest BCUT2D eigenvalue weighted by Gasteiger charge is -2.16. The third-order valence-corrected chi connectivity index (χ3v) is 4.38. The molecule has 3 nitrogen and oxygen atoms in total. The predicted octanol–water partition coefficient (Wildman–Crippen LogP) is 6.15. The molecule has 0 radical (unpaired) electrons. The monoisotopic (exact) mass is 360 g/mol. The Kier molecular flexibility index (Phi) is 4.38. The van der Waals surface area contributed by atoms with Gasteiger partial charge in [-0.05, 0) is 60.2 Å². The minimum atomic E-state index is -0.311. The molecule has 0 bridgehead atoms. The summed E-state index contributed by atoms with van der Waals surface area (Å²) >= 11 is 0. The first kappa shape index (κ1) is 16.9. The van der Waals surface area contributed by atoms with Crippen LogP contribution in [-0.4, -0.2) is 12.2 Å². The molecule has 0 unspecified atom stereocenters. The molecule has 0 amide bonds. The van der Waals surface area contributed by atoms with E-state index in [2.05, 4.69) is 0 Å². The van der Waals surface area contributed by atoms with Gasteiger partial charge in [0.05, 0.1) is 7.11 Å². The maximum absolute atomic E-state index is 13.8. The summed E-state index contributed by atoms with van der Waals surface area (Å²) < 4.78 is 25.4. The van der Waals surface area contributed by atoms with Gasteiger partial charge in [0.25, 0.3) is 0 Å². The van der Waals surface area contributed by atoms with Crippen LogP contribution in [0.5, 0.6) is 23.0 Å². The van der Waals surface area contributed by atoms with Gasteiger partial charge < -0.3 is 14.6 Å². The van der Waals surface area contributed by atoms with Crippen LogP contribution in [0.2, 0.25) is 0 Å². The number of fused-ring (bicyclic) bond motifs is 1. The zero-order valence-electron chi connectivity index (χ0n) is 14.6. The average Bonchev–Trinajstić information content (AvgIpc) is 2.69. The number of hydrogen-bond donors (Lipinski definition) is 1. The summed E-state index contributed by atoms with van der Waals surface area (Å²) in [4.78, 5) is 0. The van der Waals surface area contributed by atoms with E-state index in [4.69, 9.17) is 9.47 Å². The minimum absolute atomic E-state index is 0.160. The molecule has 4 aromatic carbocycles. The molecule has 0 saturated heterocycles. The SMILES string of the molecule is COc1cccc2c(Oc3ccc(O)cc3)c(-c3cccc(F)c3)ccc12. The smallest absolute Gasteiger partial charge is 0.143 e. The van der Waals surface area contributed by atoms with E-state index in [-0.39, 0.29) is 11.6 Å². The van der Waals surface area contributed by atoms with Crippen LogP contribution in [-0.2, 0) is 0 Å². The number of phenols is 1. The second-order valence-electron chi connectivity index (χ2n) is 6.10. The fraction of sp³-hybridized carbons (Fsp3) is 0.0435. The number of halogens is 1. The largest absolute Gasteiger partial charge is 0.508 e. The fourth-order valence-corrected chi connectivity index (χ4v) is 3.10. The first-order valence-corrected chi connectivity index (χ1v) is 8.48. The summed E-state index contributed by atoms with van der Waals surface area (Å²) in [6.45, 7) is 0.